The van der Waals surface area contributed by atoms with Gasteiger partial charge in [0.05, 0.1) is 6.54 Å². The normalized spacial score (nSPS) is 16.5. The van der Waals surface area contributed by atoms with Gasteiger partial charge in [0, 0.05) is 19.5 Å². The maximum absolute atomic E-state index is 10.6. The van der Waals surface area contributed by atoms with E-state index in [9.17, 15) is 9.90 Å². The molecular formula is C10H17N5O2. The first-order valence-electron chi connectivity index (χ1n) is 5.77. The average Bonchev–Trinajstić information content (AvgIpc) is 2.72. The van der Waals surface area contributed by atoms with Gasteiger partial charge in [-0.05, 0) is 12.8 Å². The van der Waals surface area contributed by atoms with Crippen LogP contribution >= 0.6 is 0 Å². The molecule has 1 atom stereocenters. The Hall–Kier alpha value is -1.47. The lowest BCUT2D eigenvalue weighted by Crippen LogP contribution is -2.37. The Morgan fingerprint density at radius 1 is 1.53 bits per heavy atom. The number of carbonyl (C=O) groups is 1. The number of aromatic nitrogens is 3. The van der Waals surface area contributed by atoms with Crippen molar-refractivity contribution in [1.82, 2.24) is 20.1 Å². The molecule has 1 amide bonds. The van der Waals surface area contributed by atoms with E-state index in [4.69, 9.17) is 5.73 Å². The Kier molecular flexibility index (Phi) is 3.70. The number of nitrogens with zero attached hydrogens (tertiary/aromatic N) is 3. The lowest BCUT2D eigenvalue weighted by atomic mass is 10.2. The summed E-state index contributed by atoms with van der Waals surface area (Å²) in [5.41, 5.74) is 4.94. The van der Waals surface area contributed by atoms with Gasteiger partial charge in [-0.25, -0.2) is 0 Å². The van der Waals surface area contributed by atoms with Crippen LogP contribution < -0.4 is 11.1 Å². The number of aliphatic hydroxyl groups is 1. The van der Waals surface area contributed by atoms with Crippen molar-refractivity contribution in [2.24, 2.45) is 5.73 Å². The van der Waals surface area contributed by atoms with Crippen molar-refractivity contribution in [3.63, 3.8) is 0 Å². The minimum Gasteiger partial charge on any atom is -0.382 e. The molecule has 17 heavy (non-hydrogen) atoms. The van der Waals surface area contributed by atoms with Crippen molar-refractivity contribution in [3.8, 4) is 0 Å². The van der Waals surface area contributed by atoms with Gasteiger partial charge in [0.15, 0.2) is 0 Å². The zero-order valence-corrected chi connectivity index (χ0v) is 9.59. The topological polar surface area (TPSA) is 106 Å². The van der Waals surface area contributed by atoms with Gasteiger partial charge in [0.2, 0.25) is 5.91 Å². The van der Waals surface area contributed by atoms with Crippen LogP contribution in [0.3, 0.4) is 0 Å². The molecule has 1 aliphatic heterocycles. The molecule has 7 nitrogen and oxygen atoms in total. The molecule has 1 aromatic rings. The highest BCUT2D eigenvalue weighted by Crippen LogP contribution is 2.13. The largest absolute Gasteiger partial charge is 0.382 e. The van der Waals surface area contributed by atoms with E-state index in [0.717, 1.165) is 37.5 Å². The van der Waals surface area contributed by atoms with Gasteiger partial charge in [0.1, 0.15) is 17.8 Å². The first-order valence-corrected chi connectivity index (χ1v) is 5.77. The van der Waals surface area contributed by atoms with Gasteiger partial charge in [-0.2, -0.15) is 0 Å². The van der Waals surface area contributed by atoms with E-state index in [-0.39, 0.29) is 6.54 Å². The molecule has 4 N–H and O–H groups in total. The van der Waals surface area contributed by atoms with E-state index in [1.807, 2.05) is 0 Å². The molecule has 0 fully saturated rings. The zero-order valence-electron chi connectivity index (χ0n) is 9.59. The fraction of sp³-hybridized carbons (Fsp3) is 0.700. The number of hydrogen-bond acceptors (Lipinski definition) is 5. The minimum absolute atomic E-state index is 0.136. The van der Waals surface area contributed by atoms with Crippen LogP contribution in [-0.2, 0) is 24.3 Å². The summed E-state index contributed by atoms with van der Waals surface area (Å²) in [4.78, 5) is 10.6. The summed E-state index contributed by atoms with van der Waals surface area (Å²) >= 11 is 0. The molecule has 0 bridgehead atoms. The van der Waals surface area contributed by atoms with Crippen molar-refractivity contribution >= 4 is 5.91 Å². The van der Waals surface area contributed by atoms with Crippen LogP contribution in [0.1, 0.15) is 24.5 Å². The Balaban J connectivity index is 1.87. The third kappa shape index (κ3) is 2.80. The molecule has 2 heterocycles. The lowest BCUT2D eigenvalue weighted by Gasteiger charge is -2.15. The molecule has 1 aliphatic rings. The molecule has 0 saturated carbocycles. The first-order chi connectivity index (χ1) is 8.18. The first kappa shape index (κ1) is 12.0. The fourth-order valence-corrected chi connectivity index (χ4v) is 1.92. The number of amides is 1. The van der Waals surface area contributed by atoms with E-state index in [1.165, 1.54) is 0 Å². The third-order valence-electron chi connectivity index (χ3n) is 2.89. The maximum atomic E-state index is 10.6. The Morgan fingerprint density at radius 3 is 3.12 bits per heavy atom. The van der Waals surface area contributed by atoms with Crippen LogP contribution in [0, 0.1) is 0 Å². The lowest BCUT2D eigenvalue weighted by molar-refractivity contribution is -0.125. The van der Waals surface area contributed by atoms with Gasteiger partial charge in [-0.15, -0.1) is 10.2 Å². The highest BCUT2D eigenvalue weighted by Gasteiger charge is 2.16. The van der Waals surface area contributed by atoms with Crippen LogP contribution in [0.15, 0.2) is 0 Å². The predicted octanol–water partition coefficient (Wildman–Crippen LogP) is -1.45. The minimum atomic E-state index is -1.15. The number of hydrogen-bond donors (Lipinski definition) is 3. The molecular weight excluding hydrogens is 222 g/mol. The number of fused-ring (bicyclic) bond motifs is 1. The van der Waals surface area contributed by atoms with E-state index in [1.54, 1.807) is 0 Å². The van der Waals surface area contributed by atoms with E-state index in [0.29, 0.717) is 6.54 Å². The summed E-state index contributed by atoms with van der Waals surface area (Å²) in [6, 6.07) is 0. The number of primary amides is 1. The number of nitrogens with one attached hydrogen (secondary N) is 1. The van der Waals surface area contributed by atoms with Crippen molar-refractivity contribution in [3.05, 3.63) is 11.6 Å². The van der Waals surface area contributed by atoms with Gasteiger partial charge >= 0.3 is 0 Å². The van der Waals surface area contributed by atoms with Crippen molar-refractivity contribution in [2.75, 3.05) is 6.54 Å². The van der Waals surface area contributed by atoms with E-state index in [2.05, 4.69) is 20.1 Å². The highest BCUT2D eigenvalue weighted by molar-refractivity contribution is 5.78. The molecule has 0 saturated heterocycles. The van der Waals surface area contributed by atoms with Crippen LogP contribution in [0.25, 0.3) is 0 Å². The second-order valence-corrected chi connectivity index (χ2v) is 4.19. The Bertz CT molecular complexity index is 403. The monoisotopic (exact) mass is 239 g/mol. The second-order valence-electron chi connectivity index (χ2n) is 4.19. The average molecular weight is 239 g/mol. The van der Waals surface area contributed by atoms with Crippen molar-refractivity contribution in [1.29, 1.82) is 0 Å². The van der Waals surface area contributed by atoms with Crippen LogP contribution in [0.5, 0.6) is 0 Å². The fourth-order valence-electron chi connectivity index (χ4n) is 1.92. The molecule has 1 aromatic heterocycles. The number of rotatable bonds is 5. The van der Waals surface area contributed by atoms with E-state index >= 15 is 0 Å². The summed E-state index contributed by atoms with van der Waals surface area (Å²) in [6.07, 6.45) is 2.11. The van der Waals surface area contributed by atoms with Gasteiger partial charge in [-0.3, -0.25) is 4.79 Å². The summed E-state index contributed by atoms with van der Waals surface area (Å²) in [5.74, 6) is 1.14. The standard InChI is InChI=1S/C10H17N5O2/c11-10(17)7(16)5-12-6-9-14-13-8-3-1-2-4-15(8)9/h7,12,16H,1-6H2,(H2,11,17). The third-order valence-corrected chi connectivity index (χ3v) is 2.89. The highest BCUT2D eigenvalue weighted by atomic mass is 16.3. The van der Waals surface area contributed by atoms with Crippen molar-refractivity contribution < 1.29 is 9.90 Å². The van der Waals surface area contributed by atoms with Gasteiger partial charge < -0.3 is 20.7 Å². The molecule has 0 radical (unpaired) electrons. The molecule has 0 aliphatic carbocycles. The second kappa shape index (κ2) is 5.24. The number of aryl methyl sites for hydroxylation is 1. The Morgan fingerprint density at radius 2 is 2.35 bits per heavy atom. The molecule has 0 spiro atoms. The van der Waals surface area contributed by atoms with Gasteiger partial charge in [-0.1, -0.05) is 0 Å². The van der Waals surface area contributed by atoms with Crippen LogP contribution in [0.2, 0.25) is 0 Å². The SMILES string of the molecule is NC(=O)C(O)CNCc1nnc2n1CCCC2. The zero-order chi connectivity index (χ0) is 12.3. The molecule has 2 rings (SSSR count). The predicted molar refractivity (Wildman–Crippen MR) is 59.9 cm³/mol. The van der Waals surface area contributed by atoms with E-state index < -0.39 is 12.0 Å². The summed E-state index contributed by atoms with van der Waals surface area (Å²) in [7, 11) is 0. The Labute approximate surface area is 99.0 Å². The summed E-state index contributed by atoms with van der Waals surface area (Å²) in [6.45, 7) is 1.56. The number of nitrogens with two attached hydrogens (primary N) is 1. The summed E-state index contributed by atoms with van der Waals surface area (Å²) in [5, 5.41) is 20.4. The molecule has 94 valence electrons. The molecule has 1 unspecified atom stereocenters. The quantitative estimate of drug-likeness (QED) is 0.583. The molecule has 0 aromatic carbocycles. The smallest absolute Gasteiger partial charge is 0.247 e. The summed E-state index contributed by atoms with van der Waals surface area (Å²) < 4.78 is 2.09. The maximum Gasteiger partial charge on any atom is 0.247 e. The number of aliphatic hydroxyl groups excluding tert-OH is 1. The van der Waals surface area contributed by atoms with Crippen LogP contribution in [-0.4, -0.2) is 38.4 Å². The van der Waals surface area contributed by atoms with Gasteiger partial charge in [0.25, 0.3) is 0 Å². The number of carbonyl (C=O) groups excluding carboxylic acids is 1. The van der Waals surface area contributed by atoms with Crippen molar-refractivity contribution in [2.45, 2.75) is 38.5 Å². The van der Waals surface area contributed by atoms with Crippen LogP contribution in [0.4, 0.5) is 0 Å². The molecule has 7 heteroatoms.